The van der Waals surface area contributed by atoms with Crippen LogP contribution in [-0.2, 0) is 4.79 Å². The third-order valence-corrected chi connectivity index (χ3v) is 2.28. The topological polar surface area (TPSA) is 82.2 Å². The van der Waals surface area contributed by atoms with Gasteiger partial charge in [0.15, 0.2) is 0 Å². The number of hydrogen-bond acceptors (Lipinski definition) is 4. The first-order valence-electron chi connectivity index (χ1n) is 5.43. The summed E-state index contributed by atoms with van der Waals surface area (Å²) in [4.78, 5) is 13.3. The monoisotopic (exact) mass is 250 g/mol. The number of carbonyl (C=O) groups is 1. The number of anilines is 2. The van der Waals surface area contributed by atoms with Gasteiger partial charge in [0.1, 0.15) is 5.82 Å². The quantitative estimate of drug-likeness (QED) is 0.769. The summed E-state index contributed by atoms with van der Waals surface area (Å²) in [7, 11) is 1.71. The zero-order chi connectivity index (χ0) is 13.5. The third-order valence-electron chi connectivity index (χ3n) is 2.28. The van der Waals surface area contributed by atoms with Crippen LogP contribution >= 0.6 is 0 Å². The number of nitrogens with two attached hydrogens (primary N) is 1. The molecule has 1 rings (SSSR count). The summed E-state index contributed by atoms with van der Waals surface area (Å²) in [5, 5.41) is 10.9. The maximum absolute atomic E-state index is 13.3. The summed E-state index contributed by atoms with van der Waals surface area (Å²) < 4.78 is 13.3. The lowest BCUT2D eigenvalue weighted by Gasteiger charge is -2.14. The smallest absolute Gasteiger partial charge is 0.238 e. The molecule has 1 aromatic rings. The van der Waals surface area contributed by atoms with Crippen molar-refractivity contribution in [2.24, 2.45) is 0 Å². The van der Waals surface area contributed by atoms with E-state index in [1.165, 1.54) is 18.2 Å². The van der Waals surface area contributed by atoms with Crippen LogP contribution in [0.5, 0.6) is 0 Å². The first-order chi connectivity index (χ1) is 8.52. The van der Waals surface area contributed by atoms with E-state index in [9.17, 15) is 9.18 Å². The Morgan fingerprint density at radius 3 is 3.00 bits per heavy atom. The maximum Gasteiger partial charge on any atom is 0.238 e. The molecular weight excluding hydrogens is 235 g/mol. The molecule has 18 heavy (non-hydrogen) atoms. The summed E-state index contributed by atoms with van der Waals surface area (Å²) in [6.07, 6.45) is 0.344. The molecule has 0 aromatic heterocycles. The Morgan fingerprint density at radius 1 is 1.61 bits per heavy atom. The minimum Gasteiger partial charge on any atom is -0.399 e. The van der Waals surface area contributed by atoms with E-state index in [0.29, 0.717) is 18.7 Å². The predicted molar refractivity (Wildman–Crippen MR) is 67.2 cm³/mol. The van der Waals surface area contributed by atoms with Crippen LogP contribution in [0.3, 0.4) is 0 Å². The lowest BCUT2D eigenvalue weighted by molar-refractivity contribution is -0.117. The first kappa shape index (κ1) is 13.9. The van der Waals surface area contributed by atoms with E-state index < -0.39 is 5.82 Å². The standard InChI is InChI=1S/C12H15FN4O/c1-17(6-2-5-14)8-12(18)16-11-7-9(15)3-4-10(11)13/h3-4,7H,2,6,8,15H2,1H3,(H,16,18). The molecule has 0 aliphatic heterocycles. The number of amides is 1. The van der Waals surface area contributed by atoms with Crippen molar-refractivity contribution in [3.63, 3.8) is 0 Å². The van der Waals surface area contributed by atoms with Crippen molar-refractivity contribution in [1.82, 2.24) is 4.90 Å². The molecule has 0 spiro atoms. The Kier molecular flexibility index (Phi) is 5.08. The number of nitrogens with zero attached hydrogens (tertiary/aromatic N) is 2. The fraction of sp³-hybridized carbons (Fsp3) is 0.333. The fourth-order valence-corrected chi connectivity index (χ4v) is 1.39. The Morgan fingerprint density at radius 2 is 2.33 bits per heavy atom. The number of nitrogen functional groups attached to an aromatic ring is 1. The summed E-state index contributed by atoms with van der Waals surface area (Å²) >= 11 is 0. The minimum absolute atomic E-state index is 0.0636. The zero-order valence-electron chi connectivity index (χ0n) is 10.1. The van der Waals surface area contributed by atoms with E-state index in [1.807, 2.05) is 6.07 Å². The van der Waals surface area contributed by atoms with Crippen LogP contribution in [0.15, 0.2) is 18.2 Å². The number of benzene rings is 1. The summed E-state index contributed by atoms with van der Waals surface area (Å²) in [5.41, 5.74) is 5.95. The summed E-state index contributed by atoms with van der Waals surface area (Å²) in [6.45, 7) is 0.583. The molecular formula is C12H15FN4O. The molecule has 6 heteroatoms. The molecule has 0 unspecified atom stereocenters. The second kappa shape index (κ2) is 6.57. The van der Waals surface area contributed by atoms with Crippen LogP contribution in [0, 0.1) is 17.1 Å². The normalized spacial score (nSPS) is 10.1. The molecule has 0 atom stereocenters. The Bertz CT molecular complexity index is 470. The molecule has 0 heterocycles. The highest BCUT2D eigenvalue weighted by molar-refractivity contribution is 5.92. The lowest BCUT2D eigenvalue weighted by atomic mass is 10.2. The Labute approximate surface area is 105 Å². The van der Waals surface area contributed by atoms with Gasteiger partial charge in [-0.25, -0.2) is 4.39 Å². The van der Waals surface area contributed by atoms with Gasteiger partial charge in [0.25, 0.3) is 0 Å². The molecule has 5 nitrogen and oxygen atoms in total. The van der Waals surface area contributed by atoms with Crippen LogP contribution in [-0.4, -0.2) is 30.9 Å². The minimum atomic E-state index is -0.530. The van der Waals surface area contributed by atoms with Crippen LogP contribution in [0.1, 0.15) is 6.42 Å². The molecule has 0 saturated heterocycles. The van der Waals surface area contributed by atoms with E-state index in [0.717, 1.165) is 0 Å². The first-order valence-corrected chi connectivity index (χ1v) is 5.43. The van der Waals surface area contributed by atoms with Crippen molar-refractivity contribution in [3.05, 3.63) is 24.0 Å². The van der Waals surface area contributed by atoms with Gasteiger partial charge in [-0.2, -0.15) is 5.26 Å². The highest BCUT2D eigenvalue weighted by atomic mass is 19.1. The van der Waals surface area contributed by atoms with Crippen molar-refractivity contribution in [2.75, 3.05) is 31.2 Å². The summed E-state index contributed by atoms with van der Waals surface area (Å²) in [5.74, 6) is -0.878. The van der Waals surface area contributed by atoms with Crippen molar-refractivity contribution < 1.29 is 9.18 Å². The molecule has 0 aliphatic rings. The van der Waals surface area contributed by atoms with Crippen LogP contribution in [0.2, 0.25) is 0 Å². The number of rotatable bonds is 5. The van der Waals surface area contributed by atoms with Gasteiger partial charge < -0.3 is 11.1 Å². The largest absolute Gasteiger partial charge is 0.399 e. The van der Waals surface area contributed by atoms with Gasteiger partial charge in [0.05, 0.1) is 18.3 Å². The number of hydrogen-bond donors (Lipinski definition) is 2. The molecule has 0 bridgehead atoms. The number of nitriles is 1. The third kappa shape index (κ3) is 4.39. The number of nitrogens with one attached hydrogen (secondary N) is 1. The van der Waals surface area contributed by atoms with E-state index in [-0.39, 0.29) is 18.1 Å². The average molecular weight is 250 g/mol. The van der Waals surface area contributed by atoms with Gasteiger partial charge in [-0.15, -0.1) is 0 Å². The lowest BCUT2D eigenvalue weighted by Crippen LogP contribution is -2.31. The van der Waals surface area contributed by atoms with Gasteiger partial charge in [0, 0.05) is 18.7 Å². The van der Waals surface area contributed by atoms with Crippen molar-refractivity contribution in [1.29, 1.82) is 5.26 Å². The second-order valence-electron chi connectivity index (χ2n) is 3.93. The number of carbonyl (C=O) groups excluding carboxylic acids is 1. The van der Waals surface area contributed by atoms with E-state index in [4.69, 9.17) is 11.0 Å². The summed E-state index contributed by atoms with van der Waals surface area (Å²) in [6, 6.07) is 5.97. The maximum atomic E-state index is 13.3. The van der Waals surface area contributed by atoms with E-state index >= 15 is 0 Å². The van der Waals surface area contributed by atoms with Gasteiger partial charge in [-0.05, 0) is 25.2 Å². The molecule has 96 valence electrons. The average Bonchev–Trinajstić information content (AvgIpc) is 2.31. The van der Waals surface area contributed by atoms with Gasteiger partial charge in [0.2, 0.25) is 5.91 Å². The van der Waals surface area contributed by atoms with Gasteiger partial charge in [-0.3, -0.25) is 9.69 Å². The molecule has 1 aromatic carbocycles. The highest BCUT2D eigenvalue weighted by Crippen LogP contribution is 2.17. The number of likely N-dealkylation sites (N-methyl/N-ethyl adjacent to an activating group) is 1. The molecule has 0 aliphatic carbocycles. The molecule has 0 fully saturated rings. The fourth-order valence-electron chi connectivity index (χ4n) is 1.39. The molecule has 0 radical (unpaired) electrons. The molecule has 3 N–H and O–H groups in total. The van der Waals surface area contributed by atoms with Crippen molar-refractivity contribution in [3.8, 4) is 6.07 Å². The van der Waals surface area contributed by atoms with Gasteiger partial charge >= 0.3 is 0 Å². The van der Waals surface area contributed by atoms with Gasteiger partial charge in [-0.1, -0.05) is 0 Å². The van der Waals surface area contributed by atoms with E-state index in [2.05, 4.69) is 5.32 Å². The second-order valence-corrected chi connectivity index (χ2v) is 3.93. The molecule has 0 saturated carbocycles. The van der Waals surface area contributed by atoms with Crippen molar-refractivity contribution in [2.45, 2.75) is 6.42 Å². The van der Waals surface area contributed by atoms with E-state index in [1.54, 1.807) is 11.9 Å². The van der Waals surface area contributed by atoms with Crippen LogP contribution in [0.25, 0.3) is 0 Å². The highest BCUT2D eigenvalue weighted by Gasteiger charge is 2.09. The number of halogens is 1. The Balaban J connectivity index is 2.54. The van der Waals surface area contributed by atoms with Crippen LogP contribution < -0.4 is 11.1 Å². The molecule has 1 amide bonds. The van der Waals surface area contributed by atoms with Crippen molar-refractivity contribution >= 4 is 17.3 Å². The SMILES string of the molecule is CN(CCC#N)CC(=O)Nc1cc(N)ccc1F. The van der Waals surface area contributed by atoms with Crippen LogP contribution in [0.4, 0.5) is 15.8 Å². The Hall–Kier alpha value is -2.13. The predicted octanol–water partition coefficient (Wildman–Crippen LogP) is 1.19. The zero-order valence-corrected chi connectivity index (χ0v) is 10.1.